The highest BCUT2D eigenvalue weighted by Crippen LogP contribution is 2.35. The number of rotatable bonds is 3. The number of thiophene rings is 1. The minimum Gasteiger partial charge on any atom is -0.397 e. The van der Waals surface area contributed by atoms with Crippen molar-refractivity contribution < 1.29 is 4.79 Å². The fourth-order valence-corrected chi connectivity index (χ4v) is 3.33. The number of pyridine rings is 1. The molecule has 0 saturated carbocycles. The molecule has 0 spiro atoms. The quantitative estimate of drug-likeness (QED) is 0.777. The smallest absolute Gasteiger partial charge is 0.263 e. The maximum Gasteiger partial charge on any atom is 0.263 e. The topological polar surface area (TPSA) is 68.0 Å². The highest BCUT2D eigenvalue weighted by Gasteiger charge is 2.16. The van der Waals surface area contributed by atoms with Crippen LogP contribution in [0.1, 0.15) is 15.4 Å². The summed E-state index contributed by atoms with van der Waals surface area (Å²) >= 11 is 7.30. The Balaban J connectivity index is 1.83. The van der Waals surface area contributed by atoms with E-state index in [0.717, 1.165) is 15.8 Å². The molecule has 0 aliphatic carbocycles. The van der Waals surface area contributed by atoms with Gasteiger partial charge in [-0.1, -0.05) is 17.7 Å². The van der Waals surface area contributed by atoms with Crippen molar-refractivity contribution in [2.75, 3.05) is 5.73 Å². The maximum absolute atomic E-state index is 12.3. The number of halogens is 1. The van der Waals surface area contributed by atoms with Gasteiger partial charge in [0.05, 0.1) is 17.9 Å². The third-order valence-corrected chi connectivity index (χ3v) is 4.46. The average molecular weight is 318 g/mol. The number of fused-ring (bicyclic) bond motifs is 1. The molecule has 3 aromatic rings. The Bertz CT molecular complexity index is 801. The van der Waals surface area contributed by atoms with Crippen LogP contribution in [0.5, 0.6) is 0 Å². The van der Waals surface area contributed by atoms with E-state index in [1.54, 1.807) is 12.3 Å². The molecule has 0 saturated heterocycles. The van der Waals surface area contributed by atoms with E-state index in [9.17, 15) is 4.79 Å². The summed E-state index contributed by atoms with van der Waals surface area (Å²) in [5.41, 5.74) is 7.34. The van der Waals surface area contributed by atoms with Gasteiger partial charge < -0.3 is 11.1 Å². The molecule has 0 bridgehead atoms. The van der Waals surface area contributed by atoms with E-state index in [-0.39, 0.29) is 5.91 Å². The molecular weight excluding hydrogens is 306 g/mol. The molecule has 0 atom stereocenters. The molecule has 1 amide bonds. The largest absolute Gasteiger partial charge is 0.397 e. The number of hydrogen-bond donors (Lipinski definition) is 2. The van der Waals surface area contributed by atoms with Gasteiger partial charge in [0.2, 0.25) is 0 Å². The lowest BCUT2D eigenvalue weighted by Crippen LogP contribution is -2.23. The van der Waals surface area contributed by atoms with Gasteiger partial charge in [-0.2, -0.15) is 0 Å². The van der Waals surface area contributed by atoms with Crippen molar-refractivity contribution in [3.63, 3.8) is 0 Å². The fourth-order valence-electron chi connectivity index (χ4n) is 2.01. The average Bonchev–Trinajstić information content (AvgIpc) is 2.82. The molecule has 6 heteroatoms. The van der Waals surface area contributed by atoms with E-state index in [0.29, 0.717) is 22.1 Å². The van der Waals surface area contributed by atoms with Crippen LogP contribution in [0.3, 0.4) is 0 Å². The molecule has 0 radical (unpaired) electrons. The van der Waals surface area contributed by atoms with Gasteiger partial charge in [0.25, 0.3) is 5.91 Å². The van der Waals surface area contributed by atoms with Crippen LogP contribution >= 0.6 is 22.9 Å². The van der Waals surface area contributed by atoms with Crippen molar-refractivity contribution in [1.29, 1.82) is 0 Å². The molecule has 3 N–H and O–H groups in total. The number of hydrogen-bond acceptors (Lipinski definition) is 4. The molecule has 0 aliphatic rings. The van der Waals surface area contributed by atoms with Gasteiger partial charge in [-0.05, 0) is 30.3 Å². The summed E-state index contributed by atoms with van der Waals surface area (Å²) in [5, 5.41) is 4.31. The third-order valence-electron chi connectivity index (χ3n) is 3.05. The number of carbonyl (C=O) groups excluding carboxylic acids is 1. The zero-order valence-electron chi connectivity index (χ0n) is 11.0. The molecule has 1 aromatic carbocycles. The van der Waals surface area contributed by atoms with Crippen LogP contribution in [0.15, 0.2) is 42.6 Å². The summed E-state index contributed by atoms with van der Waals surface area (Å²) < 4.78 is 0.906. The van der Waals surface area contributed by atoms with Crippen LogP contribution in [0.25, 0.3) is 10.1 Å². The fraction of sp³-hybridized carbons (Fsp3) is 0.0667. The predicted octanol–water partition coefficient (Wildman–Crippen LogP) is 3.46. The van der Waals surface area contributed by atoms with Gasteiger partial charge in [0.15, 0.2) is 0 Å². The summed E-state index contributed by atoms with van der Waals surface area (Å²) in [6, 6.07) is 11.0. The standard InChI is InChI=1S/C15H12ClN3OS/c16-9-4-5-11-12(7-9)21-14(13(11)17)15(20)19-8-10-3-1-2-6-18-10/h1-7H,8,17H2,(H,19,20). The lowest BCUT2D eigenvalue weighted by Gasteiger charge is -2.03. The molecule has 0 aliphatic heterocycles. The highest BCUT2D eigenvalue weighted by atomic mass is 35.5. The number of nitrogens with one attached hydrogen (secondary N) is 1. The monoisotopic (exact) mass is 317 g/mol. The van der Waals surface area contributed by atoms with Gasteiger partial charge in [-0.15, -0.1) is 11.3 Å². The summed E-state index contributed by atoms with van der Waals surface area (Å²) in [7, 11) is 0. The number of benzene rings is 1. The van der Waals surface area contributed by atoms with Crippen LogP contribution in [0.2, 0.25) is 5.02 Å². The minimum absolute atomic E-state index is 0.199. The molecule has 4 nitrogen and oxygen atoms in total. The van der Waals surface area contributed by atoms with Crippen LogP contribution in [-0.2, 0) is 6.54 Å². The van der Waals surface area contributed by atoms with Crippen LogP contribution in [0.4, 0.5) is 5.69 Å². The van der Waals surface area contributed by atoms with Crippen LogP contribution < -0.4 is 11.1 Å². The van der Waals surface area contributed by atoms with E-state index >= 15 is 0 Å². The van der Waals surface area contributed by atoms with Crippen LogP contribution in [-0.4, -0.2) is 10.9 Å². The number of nitrogens with zero attached hydrogens (tertiary/aromatic N) is 1. The van der Waals surface area contributed by atoms with Crippen molar-refractivity contribution in [3.05, 3.63) is 58.2 Å². The van der Waals surface area contributed by atoms with E-state index in [1.807, 2.05) is 30.3 Å². The number of amides is 1. The number of nitrogens with two attached hydrogens (primary N) is 1. The first-order valence-corrected chi connectivity index (χ1v) is 7.50. The van der Waals surface area contributed by atoms with Gasteiger partial charge in [0.1, 0.15) is 4.88 Å². The van der Waals surface area contributed by atoms with E-state index in [1.165, 1.54) is 11.3 Å². The molecule has 2 aromatic heterocycles. The zero-order valence-corrected chi connectivity index (χ0v) is 12.5. The Labute approximate surface area is 130 Å². The van der Waals surface area contributed by atoms with Gasteiger partial charge in [-0.25, -0.2) is 0 Å². The third kappa shape index (κ3) is 2.84. The number of anilines is 1. The van der Waals surface area contributed by atoms with Gasteiger partial charge >= 0.3 is 0 Å². The Morgan fingerprint density at radius 2 is 2.19 bits per heavy atom. The zero-order chi connectivity index (χ0) is 14.8. The van der Waals surface area contributed by atoms with Gasteiger partial charge in [0, 0.05) is 21.3 Å². The summed E-state index contributed by atoms with van der Waals surface area (Å²) in [4.78, 5) is 16.9. The second-order valence-corrected chi connectivity index (χ2v) is 5.98. The predicted molar refractivity (Wildman–Crippen MR) is 86.7 cm³/mol. The first-order valence-electron chi connectivity index (χ1n) is 6.31. The Hall–Kier alpha value is -2.11. The first kappa shape index (κ1) is 13.9. The molecule has 21 heavy (non-hydrogen) atoms. The van der Waals surface area contributed by atoms with Crippen molar-refractivity contribution in [3.8, 4) is 0 Å². The number of carbonyl (C=O) groups is 1. The van der Waals surface area contributed by atoms with Crippen molar-refractivity contribution in [2.45, 2.75) is 6.54 Å². The molecule has 0 unspecified atom stereocenters. The van der Waals surface area contributed by atoms with Crippen LogP contribution in [0, 0.1) is 0 Å². The minimum atomic E-state index is -0.199. The van der Waals surface area contributed by atoms with Gasteiger partial charge in [-0.3, -0.25) is 9.78 Å². The molecule has 2 heterocycles. The molecule has 0 fully saturated rings. The summed E-state index contributed by atoms with van der Waals surface area (Å²) in [6.07, 6.45) is 1.69. The van der Waals surface area contributed by atoms with E-state index in [2.05, 4.69) is 10.3 Å². The van der Waals surface area contributed by atoms with Crippen molar-refractivity contribution in [2.24, 2.45) is 0 Å². The van der Waals surface area contributed by atoms with E-state index < -0.39 is 0 Å². The van der Waals surface area contributed by atoms with Crippen molar-refractivity contribution >= 4 is 44.6 Å². The first-order chi connectivity index (χ1) is 10.1. The molecule has 106 valence electrons. The lowest BCUT2D eigenvalue weighted by atomic mass is 10.2. The SMILES string of the molecule is Nc1c(C(=O)NCc2ccccn2)sc2cc(Cl)ccc12. The van der Waals surface area contributed by atoms with E-state index in [4.69, 9.17) is 17.3 Å². The molecular formula is C15H12ClN3OS. The maximum atomic E-state index is 12.3. The highest BCUT2D eigenvalue weighted by molar-refractivity contribution is 7.21. The Kier molecular flexibility index (Phi) is 3.77. The van der Waals surface area contributed by atoms with Crippen molar-refractivity contribution in [1.82, 2.24) is 10.3 Å². The normalized spacial score (nSPS) is 10.7. The second-order valence-electron chi connectivity index (χ2n) is 4.49. The number of nitrogen functional groups attached to an aromatic ring is 1. The number of aromatic nitrogens is 1. The Morgan fingerprint density at radius 3 is 2.95 bits per heavy atom. The second kappa shape index (κ2) is 5.71. The lowest BCUT2D eigenvalue weighted by molar-refractivity contribution is 0.0955. The molecule has 3 rings (SSSR count). The summed E-state index contributed by atoms with van der Waals surface area (Å²) in [5.74, 6) is -0.199. The Morgan fingerprint density at radius 1 is 1.33 bits per heavy atom. The summed E-state index contributed by atoms with van der Waals surface area (Å²) in [6.45, 7) is 0.369.